The van der Waals surface area contributed by atoms with E-state index in [0.29, 0.717) is 43.7 Å². The number of benzene rings is 3. The van der Waals surface area contributed by atoms with Gasteiger partial charge in [0.15, 0.2) is 4.80 Å². The number of thiazole rings is 1. The highest BCUT2D eigenvalue weighted by atomic mass is 35.5. The number of hydrogen-bond acceptors (Lipinski definition) is 7. The van der Waals surface area contributed by atoms with Crippen LogP contribution in [0, 0.1) is 0 Å². The van der Waals surface area contributed by atoms with Crippen molar-refractivity contribution in [1.29, 1.82) is 0 Å². The third kappa shape index (κ3) is 5.05. The van der Waals surface area contributed by atoms with Crippen molar-refractivity contribution in [2.24, 2.45) is 4.99 Å². The first-order valence-corrected chi connectivity index (χ1v) is 14.2. The minimum atomic E-state index is -0.840. The van der Waals surface area contributed by atoms with Gasteiger partial charge in [0.1, 0.15) is 17.5 Å². The Bertz CT molecular complexity index is 1820. The van der Waals surface area contributed by atoms with E-state index in [2.05, 4.69) is 11.9 Å². The Balaban J connectivity index is 1.78. The number of unbranched alkanes of at least 4 members (excludes halogenated alkanes) is 1. The molecular formula is C31H29ClN2O5S. The number of carbonyl (C=O) groups is 1. The molecule has 0 unspecified atom stereocenters. The van der Waals surface area contributed by atoms with Gasteiger partial charge in [0.05, 0.1) is 36.6 Å². The Hall–Kier alpha value is -3.88. The summed E-state index contributed by atoms with van der Waals surface area (Å²) in [4.78, 5) is 32.3. The van der Waals surface area contributed by atoms with Crippen LogP contribution in [0.5, 0.6) is 11.5 Å². The summed E-state index contributed by atoms with van der Waals surface area (Å²) in [7, 11) is 2.84. The molecule has 7 nitrogen and oxygen atoms in total. The second-order valence-electron chi connectivity index (χ2n) is 9.36. The van der Waals surface area contributed by atoms with Crippen LogP contribution in [-0.4, -0.2) is 31.4 Å². The van der Waals surface area contributed by atoms with Gasteiger partial charge < -0.3 is 14.2 Å². The zero-order valence-electron chi connectivity index (χ0n) is 22.7. The van der Waals surface area contributed by atoms with E-state index >= 15 is 0 Å². The van der Waals surface area contributed by atoms with E-state index in [1.54, 1.807) is 25.1 Å². The summed E-state index contributed by atoms with van der Waals surface area (Å²) in [6, 6.07) is 16.2. The molecule has 0 saturated carbocycles. The lowest BCUT2D eigenvalue weighted by atomic mass is 9.95. The van der Waals surface area contributed by atoms with Gasteiger partial charge in [-0.05, 0) is 54.5 Å². The number of allylic oxidation sites excluding steroid dienone is 1. The first-order valence-electron chi connectivity index (χ1n) is 13.0. The maximum Gasteiger partial charge on any atom is 0.338 e. The summed E-state index contributed by atoms with van der Waals surface area (Å²) >= 11 is 7.64. The molecule has 5 rings (SSSR count). The SMILES string of the molecule is CCCCOc1ccc2ccccc2c1/C=c1\sc2n(c1=O)[C@H](c1cc(Cl)ccc1OC)C(C(=O)OC)=C(C)N=2. The molecule has 0 spiro atoms. The topological polar surface area (TPSA) is 79.1 Å². The number of halogens is 1. The molecule has 9 heteroatoms. The normalized spacial score (nSPS) is 15.1. The summed E-state index contributed by atoms with van der Waals surface area (Å²) in [6.45, 7) is 4.42. The molecule has 1 aromatic heterocycles. The lowest BCUT2D eigenvalue weighted by Crippen LogP contribution is -2.40. The van der Waals surface area contributed by atoms with Crippen LogP contribution < -0.4 is 24.4 Å². The van der Waals surface area contributed by atoms with Crippen molar-refractivity contribution >= 4 is 45.8 Å². The lowest BCUT2D eigenvalue weighted by molar-refractivity contribution is -0.136. The zero-order valence-corrected chi connectivity index (χ0v) is 24.3. The largest absolute Gasteiger partial charge is 0.496 e. The van der Waals surface area contributed by atoms with E-state index in [9.17, 15) is 9.59 Å². The smallest absolute Gasteiger partial charge is 0.338 e. The van der Waals surface area contributed by atoms with Crippen LogP contribution in [-0.2, 0) is 9.53 Å². The van der Waals surface area contributed by atoms with Crippen LogP contribution in [0.2, 0.25) is 5.02 Å². The Kier molecular flexibility index (Phi) is 8.09. The summed E-state index contributed by atoms with van der Waals surface area (Å²) in [5.74, 6) is 0.612. The summed E-state index contributed by atoms with van der Waals surface area (Å²) < 4.78 is 18.9. The molecule has 0 amide bonds. The van der Waals surface area contributed by atoms with E-state index in [0.717, 1.165) is 29.2 Å². The van der Waals surface area contributed by atoms with Crippen molar-refractivity contribution in [3.63, 3.8) is 0 Å². The highest BCUT2D eigenvalue weighted by molar-refractivity contribution is 7.07. The van der Waals surface area contributed by atoms with E-state index in [1.807, 2.05) is 42.5 Å². The van der Waals surface area contributed by atoms with Gasteiger partial charge in [0.2, 0.25) is 0 Å². The van der Waals surface area contributed by atoms with Gasteiger partial charge >= 0.3 is 5.97 Å². The van der Waals surface area contributed by atoms with Gasteiger partial charge in [-0.15, -0.1) is 0 Å². The van der Waals surface area contributed by atoms with Gasteiger partial charge in [-0.3, -0.25) is 9.36 Å². The standard InChI is InChI=1S/C31H29ClN2O5S/c1-5-6-15-39-25-13-11-19-9-7-8-10-21(19)22(25)17-26-29(35)34-28(23-16-20(32)12-14-24(23)37-3)27(30(36)38-4)18(2)33-31(34)40-26/h7-14,16-17,28H,5-6,15H2,1-4H3/b26-17-/t28-/m1/s1. The summed E-state index contributed by atoms with van der Waals surface area (Å²) in [5.41, 5.74) is 1.79. The van der Waals surface area contributed by atoms with Gasteiger partial charge in [0, 0.05) is 16.1 Å². The first kappa shape index (κ1) is 27.7. The number of nitrogens with zero attached hydrogens (tertiary/aromatic N) is 2. The Morgan fingerprint density at radius 1 is 1.12 bits per heavy atom. The average Bonchev–Trinajstić information content (AvgIpc) is 3.26. The number of hydrogen-bond donors (Lipinski definition) is 0. The third-order valence-corrected chi connectivity index (χ3v) is 8.09. The maximum absolute atomic E-state index is 14.1. The zero-order chi connectivity index (χ0) is 28.4. The quantitative estimate of drug-likeness (QED) is 0.207. The lowest BCUT2D eigenvalue weighted by Gasteiger charge is -2.25. The van der Waals surface area contributed by atoms with Crippen molar-refractivity contribution in [2.75, 3.05) is 20.8 Å². The van der Waals surface area contributed by atoms with Crippen molar-refractivity contribution in [2.45, 2.75) is 32.7 Å². The number of carbonyl (C=O) groups excluding carboxylic acids is 1. The molecule has 2 heterocycles. The molecule has 0 saturated heterocycles. The Morgan fingerprint density at radius 3 is 2.65 bits per heavy atom. The van der Waals surface area contributed by atoms with E-state index < -0.39 is 12.0 Å². The minimum Gasteiger partial charge on any atom is -0.496 e. The van der Waals surface area contributed by atoms with Gasteiger partial charge in [-0.25, -0.2) is 9.79 Å². The van der Waals surface area contributed by atoms with Gasteiger partial charge in [-0.1, -0.05) is 66.6 Å². The minimum absolute atomic E-state index is 0.246. The Morgan fingerprint density at radius 2 is 1.90 bits per heavy atom. The summed E-state index contributed by atoms with van der Waals surface area (Å²) in [6.07, 6.45) is 3.79. The third-order valence-electron chi connectivity index (χ3n) is 6.87. The molecule has 40 heavy (non-hydrogen) atoms. The monoisotopic (exact) mass is 576 g/mol. The molecule has 0 radical (unpaired) electrons. The molecule has 0 bridgehead atoms. The number of esters is 1. The van der Waals surface area contributed by atoms with Crippen LogP contribution in [0.3, 0.4) is 0 Å². The van der Waals surface area contributed by atoms with Crippen LogP contribution in [0.1, 0.15) is 43.9 Å². The second kappa shape index (κ2) is 11.7. The fourth-order valence-corrected chi connectivity index (χ4v) is 6.12. The number of ether oxygens (including phenoxy) is 3. The highest BCUT2D eigenvalue weighted by Crippen LogP contribution is 2.37. The number of methoxy groups -OCH3 is 2. The molecule has 1 aliphatic rings. The fourth-order valence-electron chi connectivity index (χ4n) is 4.91. The van der Waals surface area contributed by atoms with E-state index in [4.69, 9.17) is 25.8 Å². The fraction of sp³-hybridized carbons (Fsp3) is 0.258. The second-order valence-corrected chi connectivity index (χ2v) is 10.8. The predicted octanol–water partition coefficient (Wildman–Crippen LogP) is 5.40. The summed E-state index contributed by atoms with van der Waals surface area (Å²) in [5, 5.41) is 2.46. The highest BCUT2D eigenvalue weighted by Gasteiger charge is 2.35. The molecule has 206 valence electrons. The molecular weight excluding hydrogens is 548 g/mol. The molecule has 1 atom stereocenters. The molecule has 0 N–H and O–H groups in total. The van der Waals surface area contributed by atoms with Crippen LogP contribution in [0.25, 0.3) is 16.8 Å². The van der Waals surface area contributed by atoms with E-state index in [-0.39, 0.29) is 11.1 Å². The first-order chi connectivity index (χ1) is 19.4. The maximum atomic E-state index is 14.1. The predicted molar refractivity (Wildman–Crippen MR) is 158 cm³/mol. The number of fused-ring (bicyclic) bond motifs is 2. The molecule has 0 fully saturated rings. The number of aromatic nitrogens is 1. The van der Waals surface area contributed by atoms with E-state index in [1.165, 1.54) is 30.1 Å². The Labute approximate surface area is 240 Å². The molecule has 0 aliphatic carbocycles. The van der Waals surface area contributed by atoms with Crippen molar-refractivity contribution in [3.8, 4) is 11.5 Å². The number of rotatable bonds is 8. The average molecular weight is 577 g/mol. The van der Waals surface area contributed by atoms with Crippen molar-refractivity contribution in [1.82, 2.24) is 4.57 Å². The van der Waals surface area contributed by atoms with Crippen LogP contribution in [0.15, 0.2) is 75.7 Å². The molecule has 4 aromatic rings. The molecule has 1 aliphatic heterocycles. The van der Waals surface area contributed by atoms with Crippen LogP contribution >= 0.6 is 22.9 Å². The van der Waals surface area contributed by atoms with Crippen molar-refractivity contribution < 1.29 is 19.0 Å². The van der Waals surface area contributed by atoms with Crippen LogP contribution in [0.4, 0.5) is 0 Å². The molecule has 3 aromatic carbocycles. The van der Waals surface area contributed by atoms with Gasteiger partial charge in [-0.2, -0.15) is 0 Å². The van der Waals surface area contributed by atoms with Crippen molar-refractivity contribution in [3.05, 3.63) is 102 Å². The van der Waals surface area contributed by atoms with Gasteiger partial charge in [0.25, 0.3) is 5.56 Å².